The third-order valence-electron chi connectivity index (χ3n) is 4.88. The molecule has 0 bridgehead atoms. The normalized spacial score (nSPS) is 14.5. The highest BCUT2D eigenvalue weighted by atomic mass is 32.2. The molecule has 1 aromatic heterocycles. The maximum Gasteiger partial charge on any atom is 0.243 e. The van der Waals surface area contributed by atoms with E-state index in [0.29, 0.717) is 17.4 Å². The van der Waals surface area contributed by atoms with Gasteiger partial charge in [-0.05, 0) is 36.1 Å². The maximum absolute atomic E-state index is 13.3. The van der Waals surface area contributed by atoms with Crippen LogP contribution in [-0.4, -0.2) is 48.2 Å². The van der Waals surface area contributed by atoms with Crippen LogP contribution in [-0.2, 0) is 16.4 Å². The van der Waals surface area contributed by atoms with Crippen LogP contribution in [0.2, 0.25) is 0 Å². The molecule has 0 amide bonds. The van der Waals surface area contributed by atoms with Crippen molar-refractivity contribution in [2.24, 2.45) is 11.7 Å². The van der Waals surface area contributed by atoms with Gasteiger partial charge in [0.2, 0.25) is 10.0 Å². The van der Waals surface area contributed by atoms with Crippen molar-refractivity contribution in [1.82, 2.24) is 9.46 Å². The number of nitrogens with zero attached hydrogens (tertiary/aromatic N) is 2. The van der Waals surface area contributed by atoms with Crippen LogP contribution in [0, 0.1) is 5.92 Å². The summed E-state index contributed by atoms with van der Waals surface area (Å²) in [6.45, 7) is 3.97. The average molecular weight is 433 g/mol. The molecule has 3 aromatic rings. The topological polar surface area (TPSA) is 136 Å². The number of nitrogens with two attached hydrogens (primary N) is 2. The Morgan fingerprint density at radius 3 is 2.50 bits per heavy atom. The molecule has 0 spiro atoms. The number of aliphatic hydroxyl groups excluding tert-OH is 1. The molecule has 0 fully saturated rings. The van der Waals surface area contributed by atoms with E-state index in [1.54, 1.807) is 0 Å². The molecule has 0 radical (unpaired) electrons. The summed E-state index contributed by atoms with van der Waals surface area (Å²) in [5.74, 6) is 0.184. The number of benzene rings is 2. The van der Waals surface area contributed by atoms with Gasteiger partial charge in [-0.25, -0.2) is 8.42 Å². The number of fused-ring (bicyclic) bond motifs is 1. The van der Waals surface area contributed by atoms with Gasteiger partial charge in [-0.2, -0.15) is 4.31 Å². The van der Waals surface area contributed by atoms with E-state index in [0.717, 1.165) is 5.56 Å². The molecule has 9 heteroatoms. The zero-order chi connectivity index (χ0) is 21.9. The van der Waals surface area contributed by atoms with Crippen molar-refractivity contribution in [3.05, 3.63) is 54.1 Å². The Hall–Kier alpha value is -2.46. The molecule has 2 atom stereocenters. The summed E-state index contributed by atoms with van der Waals surface area (Å²) in [7, 11) is -3.89. The lowest BCUT2D eigenvalue weighted by Crippen LogP contribution is -2.47. The summed E-state index contributed by atoms with van der Waals surface area (Å²) in [6, 6.07) is 13.4. The molecule has 0 aliphatic heterocycles. The molecular weight excluding hydrogens is 404 g/mol. The molecule has 162 valence electrons. The standard InChI is InChI=1S/C21H28N4O4S/c1-14(2)12-25(13-19(26)18(22)10-15-6-4-3-5-7-15)30(27,28)16-8-9-20-17(11-16)21(23)24-29-20/h3-9,11,14,18-19,26H,10,12-13,22H2,1-2H3,(H2,23,24). The first-order chi connectivity index (χ1) is 14.2. The second-order valence-electron chi connectivity index (χ2n) is 7.86. The molecule has 2 unspecified atom stereocenters. The van der Waals surface area contributed by atoms with Crippen molar-refractivity contribution in [2.45, 2.75) is 37.3 Å². The summed E-state index contributed by atoms with van der Waals surface area (Å²) < 4.78 is 33.0. The predicted octanol–water partition coefficient (Wildman–Crippen LogP) is 1.99. The van der Waals surface area contributed by atoms with E-state index in [2.05, 4.69) is 5.16 Å². The van der Waals surface area contributed by atoms with E-state index >= 15 is 0 Å². The Kier molecular flexibility index (Phi) is 6.77. The van der Waals surface area contributed by atoms with Crippen molar-refractivity contribution in [3.8, 4) is 0 Å². The van der Waals surface area contributed by atoms with Gasteiger partial charge in [0.15, 0.2) is 11.4 Å². The molecule has 3 rings (SSSR count). The Morgan fingerprint density at radius 2 is 1.83 bits per heavy atom. The van der Waals surface area contributed by atoms with E-state index in [1.165, 1.54) is 22.5 Å². The van der Waals surface area contributed by atoms with Crippen LogP contribution in [0.25, 0.3) is 11.0 Å². The van der Waals surface area contributed by atoms with E-state index in [9.17, 15) is 13.5 Å². The number of rotatable bonds is 9. The molecule has 30 heavy (non-hydrogen) atoms. The fraction of sp³-hybridized carbons (Fsp3) is 0.381. The summed E-state index contributed by atoms with van der Waals surface area (Å²) >= 11 is 0. The minimum absolute atomic E-state index is 0.0571. The lowest BCUT2D eigenvalue weighted by Gasteiger charge is -2.28. The zero-order valence-corrected chi connectivity index (χ0v) is 17.9. The molecule has 5 N–H and O–H groups in total. The van der Waals surface area contributed by atoms with E-state index in [-0.39, 0.29) is 29.7 Å². The SMILES string of the molecule is CC(C)CN(CC(O)C(N)Cc1ccccc1)S(=O)(=O)c1ccc2onc(N)c2c1. The Balaban J connectivity index is 1.83. The third-order valence-corrected chi connectivity index (χ3v) is 6.70. The number of hydrogen-bond donors (Lipinski definition) is 3. The number of sulfonamides is 1. The lowest BCUT2D eigenvalue weighted by atomic mass is 10.0. The van der Waals surface area contributed by atoms with Gasteiger partial charge in [0.1, 0.15) is 0 Å². The first-order valence-corrected chi connectivity index (χ1v) is 11.2. The second kappa shape index (κ2) is 9.13. The van der Waals surface area contributed by atoms with Crippen LogP contribution < -0.4 is 11.5 Å². The molecular formula is C21H28N4O4S. The highest BCUT2D eigenvalue weighted by Crippen LogP contribution is 2.26. The van der Waals surface area contributed by atoms with E-state index in [1.807, 2.05) is 44.2 Å². The highest BCUT2D eigenvalue weighted by molar-refractivity contribution is 7.89. The zero-order valence-electron chi connectivity index (χ0n) is 17.1. The van der Waals surface area contributed by atoms with Gasteiger partial charge in [0.25, 0.3) is 0 Å². The number of aliphatic hydroxyl groups is 1. The summed E-state index contributed by atoms with van der Waals surface area (Å²) in [5.41, 5.74) is 13.3. The lowest BCUT2D eigenvalue weighted by molar-refractivity contribution is 0.116. The average Bonchev–Trinajstić information content (AvgIpc) is 3.08. The summed E-state index contributed by atoms with van der Waals surface area (Å²) in [5, 5.41) is 14.8. The molecule has 0 saturated heterocycles. The Morgan fingerprint density at radius 1 is 1.13 bits per heavy atom. The fourth-order valence-corrected chi connectivity index (χ4v) is 4.94. The van der Waals surface area contributed by atoms with Gasteiger partial charge in [0.05, 0.1) is 16.4 Å². The van der Waals surface area contributed by atoms with Crippen molar-refractivity contribution in [1.29, 1.82) is 0 Å². The largest absolute Gasteiger partial charge is 0.390 e. The van der Waals surface area contributed by atoms with E-state index in [4.69, 9.17) is 16.0 Å². The first kappa shape index (κ1) is 22.2. The Labute approximate surface area is 176 Å². The minimum atomic E-state index is -3.89. The maximum atomic E-state index is 13.3. The van der Waals surface area contributed by atoms with Crippen LogP contribution in [0.3, 0.4) is 0 Å². The van der Waals surface area contributed by atoms with Crippen molar-refractivity contribution in [3.63, 3.8) is 0 Å². The van der Waals surface area contributed by atoms with Crippen LogP contribution in [0.1, 0.15) is 19.4 Å². The first-order valence-electron chi connectivity index (χ1n) is 9.81. The van der Waals surface area contributed by atoms with Gasteiger partial charge < -0.3 is 21.1 Å². The van der Waals surface area contributed by atoms with Crippen LogP contribution in [0.15, 0.2) is 57.9 Å². The number of nitrogen functional groups attached to an aromatic ring is 1. The minimum Gasteiger partial charge on any atom is -0.390 e. The van der Waals surface area contributed by atoms with Crippen LogP contribution in [0.4, 0.5) is 5.82 Å². The second-order valence-corrected chi connectivity index (χ2v) is 9.80. The van der Waals surface area contributed by atoms with Crippen molar-refractivity contribution in [2.75, 3.05) is 18.8 Å². The molecule has 0 aliphatic rings. The van der Waals surface area contributed by atoms with Gasteiger partial charge >= 0.3 is 0 Å². The van der Waals surface area contributed by atoms with Crippen molar-refractivity contribution >= 4 is 26.8 Å². The summed E-state index contributed by atoms with van der Waals surface area (Å²) in [4.78, 5) is 0.0642. The molecule has 0 aliphatic carbocycles. The van der Waals surface area contributed by atoms with Gasteiger partial charge in [-0.15, -0.1) is 0 Å². The summed E-state index contributed by atoms with van der Waals surface area (Å²) in [6.07, 6.45) is -0.580. The smallest absolute Gasteiger partial charge is 0.243 e. The molecule has 8 nitrogen and oxygen atoms in total. The molecule has 2 aromatic carbocycles. The van der Waals surface area contributed by atoms with Crippen molar-refractivity contribution < 1.29 is 18.0 Å². The molecule has 0 saturated carbocycles. The number of hydrogen-bond acceptors (Lipinski definition) is 7. The highest BCUT2D eigenvalue weighted by Gasteiger charge is 2.30. The number of anilines is 1. The predicted molar refractivity (Wildman–Crippen MR) is 116 cm³/mol. The van der Waals surface area contributed by atoms with Gasteiger partial charge in [-0.3, -0.25) is 0 Å². The van der Waals surface area contributed by atoms with Crippen LogP contribution in [0.5, 0.6) is 0 Å². The van der Waals surface area contributed by atoms with Gasteiger partial charge in [-0.1, -0.05) is 49.3 Å². The number of aromatic nitrogens is 1. The monoisotopic (exact) mass is 432 g/mol. The third kappa shape index (κ3) is 4.99. The molecule has 1 heterocycles. The van der Waals surface area contributed by atoms with E-state index < -0.39 is 22.2 Å². The van der Waals surface area contributed by atoms with Crippen LogP contribution >= 0.6 is 0 Å². The Bertz CT molecular complexity index is 1080. The quantitative estimate of drug-likeness (QED) is 0.470. The fourth-order valence-electron chi connectivity index (χ4n) is 3.29. The van der Waals surface area contributed by atoms with Gasteiger partial charge in [0, 0.05) is 19.1 Å².